The van der Waals surface area contributed by atoms with Gasteiger partial charge in [0, 0.05) is 18.8 Å². The van der Waals surface area contributed by atoms with Gasteiger partial charge in [0.05, 0.1) is 0 Å². The Morgan fingerprint density at radius 1 is 1.06 bits per heavy atom. The molecule has 1 aromatic rings. The minimum Gasteiger partial charge on any atom is -0.454 e. The van der Waals surface area contributed by atoms with Crippen LogP contribution < -0.4 is 15.2 Å². The summed E-state index contributed by atoms with van der Waals surface area (Å²) in [5.41, 5.74) is 7.23. The minimum absolute atomic E-state index is 0.279. The lowest BCUT2D eigenvalue weighted by molar-refractivity contribution is 0.0522. The molecule has 1 fully saturated rings. The molecule has 0 unspecified atom stereocenters. The van der Waals surface area contributed by atoms with E-state index in [1.165, 1.54) is 0 Å². The molecule has 0 aliphatic carbocycles. The zero-order chi connectivity index (χ0) is 11.0. The fourth-order valence-corrected chi connectivity index (χ4v) is 2.23. The van der Waals surface area contributed by atoms with Crippen LogP contribution in [-0.2, 0) is 10.3 Å². The Morgan fingerprint density at radius 3 is 2.62 bits per heavy atom. The van der Waals surface area contributed by atoms with Gasteiger partial charge in [0.25, 0.3) is 0 Å². The molecule has 1 aromatic carbocycles. The van der Waals surface area contributed by atoms with Crippen LogP contribution in [0.1, 0.15) is 18.4 Å². The van der Waals surface area contributed by atoms with Crippen LogP contribution >= 0.6 is 0 Å². The van der Waals surface area contributed by atoms with Crippen LogP contribution in [-0.4, -0.2) is 20.0 Å². The highest BCUT2D eigenvalue weighted by Gasteiger charge is 2.31. The van der Waals surface area contributed by atoms with Gasteiger partial charge in [-0.1, -0.05) is 6.07 Å². The topological polar surface area (TPSA) is 53.7 Å². The maximum atomic E-state index is 6.40. The van der Waals surface area contributed by atoms with E-state index in [4.69, 9.17) is 19.9 Å². The second kappa shape index (κ2) is 3.64. The van der Waals surface area contributed by atoms with Crippen molar-refractivity contribution >= 4 is 0 Å². The maximum absolute atomic E-state index is 6.40. The van der Waals surface area contributed by atoms with E-state index in [1.807, 2.05) is 18.2 Å². The molecule has 0 saturated carbocycles. The summed E-state index contributed by atoms with van der Waals surface area (Å²) in [5.74, 6) is 1.60. The Bertz CT molecular complexity index is 399. The first kappa shape index (κ1) is 9.93. The third kappa shape index (κ3) is 1.54. The number of benzene rings is 1. The van der Waals surface area contributed by atoms with Crippen molar-refractivity contribution in [3.05, 3.63) is 23.8 Å². The summed E-state index contributed by atoms with van der Waals surface area (Å²) in [7, 11) is 0. The van der Waals surface area contributed by atoms with E-state index in [-0.39, 0.29) is 5.54 Å². The van der Waals surface area contributed by atoms with Crippen molar-refractivity contribution in [3.63, 3.8) is 0 Å². The molecule has 4 heteroatoms. The number of fused-ring (bicyclic) bond motifs is 1. The van der Waals surface area contributed by atoms with E-state index in [2.05, 4.69) is 0 Å². The SMILES string of the molecule is NC1(c2ccc3c(c2)OCO3)CCOCC1. The molecule has 2 heterocycles. The zero-order valence-electron chi connectivity index (χ0n) is 9.07. The highest BCUT2D eigenvalue weighted by atomic mass is 16.7. The lowest BCUT2D eigenvalue weighted by atomic mass is 9.84. The Balaban J connectivity index is 1.93. The Labute approximate surface area is 94.3 Å². The van der Waals surface area contributed by atoms with Crippen molar-refractivity contribution in [2.75, 3.05) is 20.0 Å². The van der Waals surface area contributed by atoms with E-state index in [0.717, 1.165) is 43.1 Å². The first-order valence-corrected chi connectivity index (χ1v) is 5.55. The van der Waals surface area contributed by atoms with E-state index in [9.17, 15) is 0 Å². The minimum atomic E-state index is -0.279. The lowest BCUT2D eigenvalue weighted by Gasteiger charge is -2.33. The number of ether oxygens (including phenoxy) is 3. The third-order valence-electron chi connectivity index (χ3n) is 3.33. The Morgan fingerprint density at radius 2 is 1.81 bits per heavy atom. The highest BCUT2D eigenvalue weighted by Crippen LogP contribution is 2.37. The smallest absolute Gasteiger partial charge is 0.231 e. The molecule has 3 rings (SSSR count). The zero-order valence-corrected chi connectivity index (χ0v) is 9.07. The monoisotopic (exact) mass is 221 g/mol. The number of hydrogen-bond acceptors (Lipinski definition) is 4. The summed E-state index contributed by atoms with van der Waals surface area (Å²) in [6.45, 7) is 1.76. The molecule has 2 aliphatic rings. The normalized spacial score (nSPS) is 22.1. The van der Waals surface area contributed by atoms with Crippen LogP contribution in [0.15, 0.2) is 18.2 Å². The predicted molar refractivity (Wildman–Crippen MR) is 58.5 cm³/mol. The molecule has 16 heavy (non-hydrogen) atoms. The van der Waals surface area contributed by atoms with Crippen molar-refractivity contribution in [1.82, 2.24) is 0 Å². The van der Waals surface area contributed by atoms with Crippen molar-refractivity contribution in [2.45, 2.75) is 18.4 Å². The van der Waals surface area contributed by atoms with Crippen molar-refractivity contribution in [1.29, 1.82) is 0 Å². The van der Waals surface area contributed by atoms with E-state index < -0.39 is 0 Å². The molecule has 0 atom stereocenters. The number of nitrogens with two attached hydrogens (primary N) is 1. The third-order valence-corrected chi connectivity index (χ3v) is 3.33. The van der Waals surface area contributed by atoms with Crippen LogP contribution in [0.25, 0.3) is 0 Å². The molecule has 2 aliphatic heterocycles. The van der Waals surface area contributed by atoms with Gasteiger partial charge < -0.3 is 19.9 Å². The summed E-state index contributed by atoms with van der Waals surface area (Å²) in [6, 6.07) is 5.95. The van der Waals surface area contributed by atoms with E-state index in [1.54, 1.807) is 0 Å². The molecule has 0 amide bonds. The molecule has 1 saturated heterocycles. The van der Waals surface area contributed by atoms with E-state index >= 15 is 0 Å². The second-order valence-electron chi connectivity index (χ2n) is 4.34. The fraction of sp³-hybridized carbons (Fsp3) is 0.500. The second-order valence-corrected chi connectivity index (χ2v) is 4.34. The van der Waals surface area contributed by atoms with Crippen molar-refractivity contribution < 1.29 is 14.2 Å². The van der Waals surface area contributed by atoms with Gasteiger partial charge in [-0.15, -0.1) is 0 Å². The van der Waals surface area contributed by atoms with Crippen molar-refractivity contribution in [2.24, 2.45) is 5.73 Å². The highest BCUT2D eigenvalue weighted by molar-refractivity contribution is 5.46. The molecule has 86 valence electrons. The molecular weight excluding hydrogens is 206 g/mol. The van der Waals surface area contributed by atoms with Gasteiger partial charge in [0.2, 0.25) is 6.79 Å². The maximum Gasteiger partial charge on any atom is 0.231 e. The molecule has 2 N–H and O–H groups in total. The van der Waals surface area contributed by atoms with Gasteiger partial charge in [0.1, 0.15) is 0 Å². The van der Waals surface area contributed by atoms with Crippen LogP contribution in [0.5, 0.6) is 11.5 Å². The predicted octanol–water partition coefficient (Wildman–Crippen LogP) is 1.38. The van der Waals surface area contributed by atoms with Gasteiger partial charge >= 0.3 is 0 Å². The van der Waals surface area contributed by atoms with Crippen LogP contribution in [0, 0.1) is 0 Å². The summed E-state index contributed by atoms with van der Waals surface area (Å²) < 4.78 is 16.0. The molecule has 0 radical (unpaired) electrons. The van der Waals surface area contributed by atoms with Gasteiger partial charge in [0.15, 0.2) is 11.5 Å². The van der Waals surface area contributed by atoms with Gasteiger partial charge in [-0.2, -0.15) is 0 Å². The van der Waals surface area contributed by atoms with Gasteiger partial charge in [-0.25, -0.2) is 0 Å². The molecular formula is C12H15NO3. The van der Waals surface area contributed by atoms with Crippen LogP contribution in [0.3, 0.4) is 0 Å². The number of rotatable bonds is 1. The first-order chi connectivity index (χ1) is 7.78. The summed E-state index contributed by atoms with van der Waals surface area (Å²) >= 11 is 0. The fourth-order valence-electron chi connectivity index (χ4n) is 2.23. The Kier molecular flexibility index (Phi) is 2.26. The lowest BCUT2D eigenvalue weighted by Crippen LogP contribution is -2.42. The quantitative estimate of drug-likeness (QED) is 0.778. The Hall–Kier alpha value is -1.26. The first-order valence-electron chi connectivity index (χ1n) is 5.55. The standard InChI is InChI=1S/C12H15NO3/c13-12(3-5-14-6-4-12)9-1-2-10-11(7-9)16-8-15-10/h1-2,7H,3-6,8,13H2. The van der Waals surface area contributed by atoms with Crippen LogP contribution in [0.2, 0.25) is 0 Å². The number of hydrogen-bond donors (Lipinski definition) is 1. The molecule has 4 nitrogen and oxygen atoms in total. The van der Waals surface area contributed by atoms with E-state index in [0.29, 0.717) is 6.79 Å². The molecule has 0 spiro atoms. The average molecular weight is 221 g/mol. The average Bonchev–Trinajstić information content (AvgIpc) is 2.77. The summed E-state index contributed by atoms with van der Waals surface area (Å²) in [4.78, 5) is 0. The summed E-state index contributed by atoms with van der Waals surface area (Å²) in [6.07, 6.45) is 1.71. The summed E-state index contributed by atoms with van der Waals surface area (Å²) in [5, 5.41) is 0. The van der Waals surface area contributed by atoms with Crippen molar-refractivity contribution in [3.8, 4) is 11.5 Å². The van der Waals surface area contributed by atoms with Gasteiger partial charge in [-0.05, 0) is 30.5 Å². The largest absolute Gasteiger partial charge is 0.454 e. The van der Waals surface area contributed by atoms with Crippen LogP contribution in [0.4, 0.5) is 0 Å². The molecule has 0 bridgehead atoms. The van der Waals surface area contributed by atoms with Gasteiger partial charge in [-0.3, -0.25) is 0 Å². The molecule has 0 aromatic heterocycles.